The molecule has 3 heteroatoms. The van der Waals surface area contributed by atoms with Crippen LogP contribution in [0.5, 0.6) is 0 Å². The van der Waals surface area contributed by atoms with E-state index in [0.29, 0.717) is 6.61 Å². The molecule has 1 aromatic rings. The van der Waals surface area contributed by atoms with Gasteiger partial charge in [-0.15, -0.1) is 0 Å². The average Bonchev–Trinajstić information content (AvgIpc) is 2.33. The van der Waals surface area contributed by atoms with Gasteiger partial charge in [-0.3, -0.25) is 4.79 Å². The van der Waals surface area contributed by atoms with E-state index in [1.807, 2.05) is 58.0 Å². The molecule has 18 heavy (non-hydrogen) atoms. The van der Waals surface area contributed by atoms with Gasteiger partial charge >= 0.3 is 5.97 Å². The molecule has 0 amide bonds. The van der Waals surface area contributed by atoms with Gasteiger partial charge < -0.3 is 10.1 Å². The number of carbonyl (C=O) groups is 1. The molecule has 0 spiro atoms. The first-order chi connectivity index (χ1) is 8.45. The maximum atomic E-state index is 12.1. The molecule has 100 valence electrons. The molecule has 0 radical (unpaired) electrons. The SMILES string of the molecule is CCN[C@H](C(=O)OCc1ccccc1)C(C)(C)C. The van der Waals surface area contributed by atoms with Gasteiger partial charge in [0.1, 0.15) is 12.6 Å². The second-order valence-corrected chi connectivity index (χ2v) is 5.45. The summed E-state index contributed by atoms with van der Waals surface area (Å²) in [5, 5.41) is 3.18. The van der Waals surface area contributed by atoms with Crippen molar-refractivity contribution in [2.24, 2.45) is 5.41 Å². The summed E-state index contributed by atoms with van der Waals surface area (Å²) >= 11 is 0. The third-order valence-electron chi connectivity index (χ3n) is 2.73. The highest BCUT2D eigenvalue weighted by Gasteiger charge is 2.31. The lowest BCUT2D eigenvalue weighted by molar-refractivity contribution is -0.150. The predicted molar refractivity (Wildman–Crippen MR) is 73.2 cm³/mol. The molecule has 0 unspecified atom stereocenters. The number of hydrogen-bond donors (Lipinski definition) is 1. The number of hydrogen-bond acceptors (Lipinski definition) is 3. The number of ether oxygens (including phenoxy) is 1. The highest BCUT2D eigenvalue weighted by Crippen LogP contribution is 2.20. The van der Waals surface area contributed by atoms with E-state index in [0.717, 1.165) is 12.1 Å². The van der Waals surface area contributed by atoms with E-state index >= 15 is 0 Å². The lowest BCUT2D eigenvalue weighted by Crippen LogP contribution is -2.47. The summed E-state index contributed by atoms with van der Waals surface area (Å²) in [6.07, 6.45) is 0. The van der Waals surface area contributed by atoms with Gasteiger partial charge in [-0.05, 0) is 17.5 Å². The molecule has 0 aliphatic heterocycles. The van der Waals surface area contributed by atoms with Gasteiger partial charge in [0.25, 0.3) is 0 Å². The van der Waals surface area contributed by atoms with Crippen LogP contribution < -0.4 is 5.32 Å². The summed E-state index contributed by atoms with van der Waals surface area (Å²) in [5.41, 5.74) is 0.860. The van der Waals surface area contributed by atoms with Crippen LogP contribution in [-0.2, 0) is 16.1 Å². The fourth-order valence-corrected chi connectivity index (χ4v) is 1.76. The summed E-state index contributed by atoms with van der Waals surface area (Å²) in [4.78, 5) is 12.1. The Labute approximate surface area is 110 Å². The van der Waals surface area contributed by atoms with Gasteiger partial charge in [0.05, 0.1) is 0 Å². The van der Waals surface area contributed by atoms with E-state index in [4.69, 9.17) is 4.74 Å². The quantitative estimate of drug-likeness (QED) is 0.815. The highest BCUT2D eigenvalue weighted by atomic mass is 16.5. The highest BCUT2D eigenvalue weighted by molar-refractivity contribution is 5.76. The average molecular weight is 249 g/mol. The second-order valence-electron chi connectivity index (χ2n) is 5.45. The van der Waals surface area contributed by atoms with Gasteiger partial charge in [-0.2, -0.15) is 0 Å². The van der Waals surface area contributed by atoms with Crippen LogP contribution in [0.2, 0.25) is 0 Å². The van der Waals surface area contributed by atoms with Crippen LogP contribution in [0.1, 0.15) is 33.3 Å². The zero-order valence-corrected chi connectivity index (χ0v) is 11.7. The topological polar surface area (TPSA) is 38.3 Å². The molecule has 1 aromatic carbocycles. The standard InChI is InChI=1S/C15H23NO2/c1-5-16-13(15(2,3)4)14(17)18-11-12-9-7-6-8-10-12/h6-10,13,16H,5,11H2,1-4H3/t13-/m1/s1. The molecule has 0 heterocycles. The molecule has 0 saturated carbocycles. The number of rotatable bonds is 5. The van der Waals surface area contributed by atoms with Gasteiger partial charge in [0, 0.05) is 0 Å². The summed E-state index contributed by atoms with van der Waals surface area (Å²) < 4.78 is 5.37. The van der Waals surface area contributed by atoms with Gasteiger partial charge in [-0.25, -0.2) is 0 Å². The van der Waals surface area contributed by atoms with Crippen molar-refractivity contribution in [2.75, 3.05) is 6.54 Å². The molecule has 0 fully saturated rings. The normalized spacial score (nSPS) is 13.1. The molecule has 0 aliphatic rings. The number of carbonyl (C=O) groups excluding carboxylic acids is 1. The van der Waals surface area contributed by atoms with Gasteiger partial charge in [-0.1, -0.05) is 58.0 Å². The van der Waals surface area contributed by atoms with E-state index in [-0.39, 0.29) is 17.4 Å². The molecule has 1 atom stereocenters. The fourth-order valence-electron chi connectivity index (χ4n) is 1.76. The van der Waals surface area contributed by atoms with Crippen molar-refractivity contribution in [1.29, 1.82) is 0 Å². The van der Waals surface area contributed by atoms with Crippen molar-refractivity contribution in [3.63, 3.8) is 0 Å². The van der Waals surface area contributed by atoms with E-state index in [1.54, 1.807) is 0 Å². The minimum atomic E-state index is -0.272. The minimum absolute atomic E-state index is 0.149. The van der Waals surface area contributed by atoms with Crippen LogP contribution in [0, 0.1) is 5.41 Å². The Morgan fingerprint density at radius 2 is 1.89 bits per heavy atom. The van der Waals surface area contributed by atoms with Crippen molar-refractivity contribution in [1.82, 2.24) is 5.32 Å². The molecule has 3 nitrogen and oxygen atoms in total. The van der Waals surface area contributed by atoms with E-state index in [2.05, 4.69) is 5.32 Å². The first kappa shape index (κ1) is 14.7. The smallest absolute Gasteiger partial charge is 0.324 e. The summed E-state index contributed by atoms with van der Waals surface area (Å²) in [6.45, 7) is 9.17. The Hall–Kier alpha value is -1.35. The molecule has 0 bridgehead atoms. The molecular formula is C15H23NO2. The van der Waals surface area contributed by atoms with E-state index in [9.17, 15) is 4.79 Å². The van der Waals surface area contributed by atoms with Gasteiger partial charge in [0.2, 0.25) is 0 Å². The zero-order chi connectivity index (χ0) is 13.6. The van der Waals surface area contributed by atoms with Crippen LogP contribution in [0.25, 0.3) is 0 Å². The predicted octanol–water partition coefficient (Wildman–Crippen LogP) is 2.75. The zero-order valence-electron chi connectivity index (χ0n) is 11.7. The van der Waals surface area contributed by atoms with Crippen LogP contribution in [0.4, 0.5) is 0 Å². The van der Waals surface area contributed by atoms with Gasteiger partial charge in [0.15, 0.2) is 0 Å². The minimum Gasteiger partial charge on any atom is -0.460 e. The molecule has 0 aromatic heterocycles. The monoisotopic (exact) mass is 249 g/mol. The van der Waals surface area contributed by atoms with Crippen LogP contribution >= 0.6 is 0 Å². The largest absolute Gasteiger partial charge is 0.460 e. The van der Waals surface area contributed by atoms with Crippen molar-refractivity contribution >= 4 is 5.97 Å². The number of nitrogens with one attached hydrogen (secondary N) is 1. The first-order valence-corrected chi connectivity index (χ1v) is 6.39. The fraction of sp³-hybridized carbons (Fsp3) is 0.533. The van der Waals surface area contributed by atoms with Crippen LogP contribution in [0.3, 0.4) is 0 Å². The van der Waals surface area contributed by atoms with E-state index in [1.165, 1.54) is 0 Å². The molecule has 0 saturated heterocycles. The Kier molecular flexibility index (Phi) is 5.35. The van der Waals surface area contributed by atoms with Crippen molar-refractivity contribution in [3.05, 3.63) is 35.9 Å². The van der Waals surface area contributed by atoms with Crippen molar-refractivity contribution in [3.8, 4) is 0 Å². The Morgan fingerprint density at radius 3 is 2.39 bits per heavy atom. The summed E-state index contributed by atoms with van der Waals surface area (Å²) in [5.74, 6) is -0.187. The number of esters is 1. The summed E-state index contributed by atoms with van der Waals surface area (Å²) in [6, 6.07) is 9.45. The lowest BCUT2D eigenvalue weighted by atomic mass is 9.87. The number of benzene rings is 1. The maximum Gasteiger partial charge on any atom is 0.324 e. The Bertz CT molecular complexity index is 368. The molecular weight excluding hydrogens is 226 g/mol. The maximum absolute atomic E-state index is 12.1. The third-order valence-corrected chi connectivity index (χ3v) is 2.73. The Morgan fingerprint density at radius 1 is 1.28 bits per heavy atom. The third kappa shape index (κ3) is 4.49. The van der Waals surface area contributed by atoms with Crippen molar-refractivity contribution < 1.29 is 9.53 Å². The van der Waals surface area contributed by atoms with Crippen LogP contribution in [-0.4, -0.2) is 18.6 Å². The van der Waals surface area contributed by atoms with Crippen LogP contribution in [0.15, 0.2) is 30.3 Å². The van der Waals surface area contributed by atoms with Crippen molar-refractivity contribution in [2.45, 2.75) is 40.3 Å². The first-order valence-electron chi connectivity index (χ1n) is 6.39. The number of likely N-dealkylation sites (N-methyl/N-ethyl adjacent to an activating group) is 1. The molecule has 0 aliphatic carbocycles. The second kappa shape index (κ2) is 6.55. The van der Waals surface area contributed by atoms with E-state index < -0.39 is 0 Å². The molecule has 1 rings (SSSR count). The molecule has 1 N–H and O–H groups in total. The summed E-state index contributed by atoms with van der Waals surface area (Å²) in [7, 11) is 0. The Balaban J connectivity index is 2.57. The lowest BCUT2D eigenvalue weighted by Gasteiger charge is -2.29.